The number of nitrogens with one attached hydrogen (secondary N) is 1. The second kappa shape index (κ2) is 5.76. The van der Waals surface area contributed by atoms with Gasteiger partial charge in [-0.15, -0.1) is 0 Å². The van der Waals surface area contributed by atoms with Crippen molar-refractivity contribution in [2.45, 2.75) is 32.6 Å². The van der Waals surface area contributed by atoms with E-state index in [-0.39, 0.29) is 11.8 Å². The fraction of sp³-hybridized carbons (Fsp3) is 0.500. The van der Waals surface area contributed by atoms with E-state index in [1.165, 1.54) is 12.8 Å². The molecule has 2 N–H and O–H groups in total. The number of phenols is 1. The van der Waals surface area contributed by atoms with Gasteiger partial charge in [0, 0.05) is 13.1 Å². The van der Waals surface area contributed by atoms with Crippen molar-refractivity contribution in [1.82, 2.24) is 4.90 Å². The van der Waals surface area contributed by atoms with Gasteiger partial charge in [0.2, 0.25) is 0 Å². The van der Waals surface area contributed by atoms with Gasteiger partial charge in [0.15, 0.2) is 0 Å². The number of hydrogen-bond acceptors (Lipinski definition) is 2. The van der Waals surface area contributed by atoms with Gasteiger partial charge in [-0.2, -0.15) is 0 Å². The van der Waals surface area contributed by atoms with Crippen LogP contribution in [0.2, 0.25) is 0 Å². The van der Waals surface area contributed by atoms with Gasteiger partial charge in [-0.05, 0) is 37.5 Å². The number of carbonyl (C=O) groups is 1. The molecule has 0 bridgehead atoms. The van der Waals surface area contributed by atoms with Crippen LogP contribution < -0.4 is 5.32 Å². The molecule has 0 radical (unpaired) electrons. The summed E-state index contributed by atoms with van der Waals surface area (Å²) in [7, 11) is 0. The van der Waals surface area contributed by atoms with Crippen molar-refractivity contribution < 1.29 is 9.90 Å². The van der Waals surface area contributed by atoms with Crippen LogP contribution in [0, 0.1) is 6.92 Å². The molecule has 18 heavy (non-hydrogen) atoms. The lowest BCUT2D eigenvalue weighted by molar-refractivity contribution is 0.213. The number of carbonyl (C=O) groups excluding carboxylic acids is 1. The van der Waals surface area contributed by atoms with Gasteiger partial charge >= 0.3 is 6.03 Å². The van der Waals surface area contributed by atoms with E-state index in [0.29, 0.717) is 5.69 Å². The van der Waals surface area contributed by atoms with Gasteiger partial charge in [0.25, 0.3) is 0 Å². The van der Waals surface area contributed by atoms with Gasteiger partial charge < -0.3 is 15.3 Å². The highest BCUT2D eigenvalue weighted by atomic mass is 16.3. The minimum absolute atomic E-state index is 0.115. The first kappa shape index (κ1) is 12.7. The molecule has 0 spiro atoms. The summed E-state index contributed by atoms with van der Waals surface area (Å²) < 4.78 is 0. The summed E-state index contributed by atoms with van der Waals surface area (Å²) in [4.78, 5) is 13.9. The SMILES string of the molecule is Cc1ccc(NC(=O)N2CCCCCC2)c(O)c1. The average Bonchev–Trinajstić information content (AvgIpc) is 2.61. The first-order valence-electron chi connectivity index (χ1n) is 6.52. The zero-order chi connectivity index (χ0) is 13.0. The van der Waals surface area contributed by atoms with Gasteiger partial charge in [-0.1, -0.05) is 18.9 Å². The minimum Gasteiger partial charge on any atom is -0.506 e. The Morgan fingerprint density at radius 2 is 1.89 bits per heavy atom. The molecule has 1 aromatic carbocycles. The van der Waals surface area contributed by atoms with Gasteiger partial charge in [0.1, 0.15) is 5.75 Å². The van der Waals surface area contributed by atoms with Gasteiger partial charge in [0.05, 0.1) is 5.69 Å². The number of phenolic OH excluding ortho intramolecular Hbond substituents is 1. The molecular formula is C14H20N2O2. The molecule has 0 saturated carbocycles. The molecule has 1 aliphatic rings. The van der Waals surface area contributed by atoms with Crippen LogP contribution in [0.3, 0.4) is 0 Å². The predicted molar refractivity (Wildman–Crippen MR) is 71.9 cm³/mol. The van der Waals surface area contributed by atoms with Crippen molar-refractivity contribution in [3.8, 4) is 5.75 Å². The quantitative estimate of drug-likeness (QED) is 0.750. The molecule has 98 valence electrons. The molecule has 2 amide bonds. The summed E-state index contributed by atoms with van der Waals surface area (Å²) >= 11 is 0. The molecular weight excluding hydrogens is 228 g/mol. The number of likely N-dealkylation sites (tertiary alicyclic amines) is 1. The van der Waals surface area contributed by atoms with E-state index < -0.39 is 0 Å². The maximum atomic E-state index is 12.1. The highest BCUT2D eigenvalue weighted by Crippen LogP contribution is 2.24. The molecule has 0 aromatic heterocycles. The smallest absolute Gasteiger partial charge is 0.321 e. The molecule has 0 atom stereocenters. The summed E-state index contributed by atoms with van der Waals surface area (Å²) in [5.74, 6) is 0.123. The van der Waals surface area contributed by atoms with E-state index in [1.807, 2.05) is 17.9 Å². The fourth-order valence-electron chi connectivity index (χ4n) is 2.22. The number of anilines is 1. The molecule has 1 saturated heterocycles. The number of urea groups is 1. The zero-order valence-electron chi connectivity index (χ0n) is 10.8. The van der Waals surface area contributed by atoms with Gasteiger partial charge in [-0.25, -0.2) is 4.79 Å². The van der Waals surface area contributed by atoms with Crippen LogP contribution >= 0.6 is 0 Å². The molecule has 1 aliphatic heterocycles. The highest BCUT2D eigenvalue weighted by molar-refractivity contribution is 5.90. The largest absolute Gasteiger partial charge is 0.506 e. The van der Waals surface area contributed by atoms with Crippen molar-refractivity contribution >= 4 is 11.7 Å². The van der Waals surface area contributed by atoms with E-state index in [9.17, 15) is 9.90 Å². The Balaban J connectivity index is 2.01. The maximum Gasteiger partial charge on any atom is 0.321 e. The third kappa shape index (κ3) is 3.15. The summed E-state index contributed by atoms with van der Waals surface area (Å²) in [6.07, 6.45) is 4.51. The fourth-order valence-corrected chi connectivity index (χ4v) is 2.22. The number of benzene rings is 1. The second-order valence-electron chi connectivity index (χ2n) is 4.85. The van der Waals surface area contributed by atoms with E-state index >= 15 is 0 Å². The number of rotatable bonds is 1. The van der Waals surface area contributed by atoms with E-state index in [1.54, 1.807) is 12.1 Å². The van der Waals surface area contributed by atoms with E-state index in [0.717, 1.165) is 31.5 Å². The Morgan fingerprint density at radius 3 is 2.50 bits per heavy atom. The van der Waals surface area contributed by atoms with Crippen LogP contribution in [0.5, 0.6) is 5.75 Å². The first-order chi connectivity index (χ1) is 8.66. The zero-order valence-corrected chi connectivity index (χ0v) is 10.8. The Hall–Kier alpha value is -1.71. The van der Waals surface area contributed by atoms with Crippen molar-refractivity contribution in [1.29, 1.82) is 0 Å². The highest BCUT2D eigenvalue weighted by Gasteiger charge is 2.16. The van der Waals surface area contributed by atoms with Crippen LogP contribution in [-0.2, 0) is 0 Å². The summed E-state index contributed by atoms with van der Waals surface area (Å²) in [6.45, 7) is 3.51. The lowest BCUT2D eigenvalue weighted by Gasteiger charge is -2.21. The normalized spacial score (nSPS) is 16.2. The number of aromatic hydroxyl groups is 1. The number of aryl methyl sites for hydroxylation is 1. The van der Waals surface area contributed by atoms with E-state index in [2.05, 4.69) is 5.32 Å². The molecule has 4 nitrogen and oxygen atoms in total. The van der Waals surface area contributed by atoms with Crippen LogP contribution in [0.25, 0.3) is 0 Å². The number of nitrogens with zero attached hydrogens (tertiary/aromatic N) is 1. The molecule has 0 aliphatic carbocycles. The standard InChI is InChI=1S/C14H20N2O2/c1-11-6-7-12(13(17)10-11)15-14(18)16-8-4-2-3-5-9-16/h6-7,10,17H,2-5,8-9H2,1H3,(H,15,18). The minimum atomic E-state index is -0.115. The predicted octanol–water partition coefficient (Wildman–Crippen LogP) is 3.11. The molecule has 1 aromatic rings. The average molecular weight is 248 g/mol. The van der Waals surface area contributed by atoms with Crippen molar-refractivity contribution in [2.24, 2.45) is 0 Å². The molecule has 2 rings (SSSR count). The van der Waals surface area contributed by atoms with E-state index in [4.69, 9.17) is 0 Å². The Kier molecular flexibility index (Phi) is 4.07. The molecule has 1 heterocycles. The molecule has 1 fully saturated rings. The number of amides is 2. The maximum absolute atomic E-state index is 12.1. The molecule has 0 unspecified atom stereocenters. The van der Waals surface area contributed by atoms with Crippen LogP contribution in [0.15, 0.2) is 18.2 Å². The Bertz CT molecular complexity index is 424. The van der Waals surface area contributed by atoms with Crippen LogP contribution in [0.4, 0.5) is 10.5 Å². The lowest BCUT2D eigenvalue weighted by Crippen LogP contribution is -2.35. The topological polar surface area (TPSA) is 52.6 Å². The van der Waals surface area contributed by atoms with Crippen LogP contribution in [0.1, 0.15) is 31.2 Å². The Morgan fingerprint density at radius 1 is 1.22 bits per heavy atom. The van der Waals surface area contributed by atoms with Crippen LogP contribution in [-0.4, -0.2) is 29.1 Å². The summed E-state index contributed by atoms with van der Waals surface area (Å²) in [6, 6.07) is 5.15. The molecule has 4 heteroatoms. The van der Waals surface area contributed by atoms with Crippen molar-refractivity contribution in [3.63, 3.8) is 0 Å². The third-order valence-corrected chi connectivity index (χ3v) is 3.29. The van der Waals surface area contributed by atoms with Gasteiger partial charge in [-0.3, -0.25) is 0 Å². The van der Waals surface area contributed by atoms with Crippen molar-refractivity contribution in [2.75, 3.05) is 18.4 Å². The summed E-state index contributed by atoms with van der Waals surface area (Å²) in [5, 5.41) is 12.5. The monoisotopic (exact) mass is 248 g/mol. The summed E-state index contributed by atoms with van der Waals surface area (Å²) in [5.41, 5.74) is 1.45. The second-order valence-corrected chi connectivity index (χ2v) is 4.85. The Labute approximate surface area is 108 Å². The number of hydrogen-bond donors (Lipinski definition) is 2. The lowest BCUT2D eigenvalue weighted by atomic mass is 10.2. The third-order valence-electron chi connectivity index (χ3n) is 3.29. The first-order valence-corrected chi connectivity index (χ1v) is 6.52. The van der Waals surface area contributed by atoms with Crippen molar-refractivity contribution in [3.05, 3.63) is 23.8 Å².